The molecule has 0 spiro atoms. The van der Waals surface area contributed by atoms with Crippen LogP contribution in [0.5, 0.6) is 5.75 Å². The molecule has 0 unspecified atom stereocenters. The van der Waals surface area contributed by atoms with Crippen LogP contribution in [-0.4, -0.2) is 44.5 Å². The van der Waals surface area contributed by atoms with Crippen molar-refractivity contribution in [2.45, 2.75) is 19.9 Å². The van der Waals surface area contributed by atoms with E-state index in [9.17, 15) is 4.79 Å². The molecule has 152 valence electrons. The molecule has 0 aliphatic heterocycles. The number of carbonyl (C=O) groups is 1. The van der Waals surface area contributed by atoms with E-state index in [0.29, 0.717) is 0 Å². The van der Waals surface area contributed by atoms with E-state index >= 15 is 0 Å². The summed E-state index contributed by atoms with van der Waals surface area (Å²) in [5.41, 5.74) is 3.20. The average Bonchev–Trinajstić information content (AvgIpc) is 2.66. The summed E-state index contributed by atoms with van der Waals surface area (Å²) < 4.78 is 5.19. The van der Waals surface area contributed by atoms with Crippen LogP contribution in [-0.2, 0) is 17.8 Å². The lowest BCUT2D eigenvalue weighted by molar-refractivity contribution is -0.114. The fourth-order valence-corrected chi connectivity index (χ4v) is 2.74. The molecule has 0 heterocycles. The smallest absolute Gasteiger partial charge is 0.221 e. The molecule has 0 bridgehead atoms. The van der Waals surface area contributed by atoms with Crippen LogP contribution in [0.25, 0.3) is 0 Å². The SMILES string of the molecule is CN=C(NCCc1ccc(NC(C)=O)cc1)N(C)Cc1ccc(OC)cc1.I. The Morgan fingerprint density at radius 3 is 2.21 bits per heavy atom. The highest BCUT2D eigenvalue weighted by atomic mass is 127. The Kier molecular flexibility index (Phi) is 10.4. The molecular weight excluding hydrogens is 467 g/mol. The molecule has 0 fully saturated rings. The standard InChI is InChI=1S/C21H28N4O2.HI/c1-16(26)24-19-9-5-17(6-10-19)13-14-23-21(22-2)25(3)15-18-7-11-20(27-4)12-8-18;/h5-12H,13-15H2,1-4H3,(H,22,23)(H,24,26);1H. The highest BCUT2D eigenvalue weighted by Gasteiger charge is 2.07. The van der Waals surface area contributed by atoms with Gasteiger partial charge in [-0.05, 0) is 41.8 Å². The van der Waals surface area contributed by atoms with Crippen LogP contribution in [0.4, 0.5) is 5.69 Å². The number of anilines is 1. The molecule has 2 N–H and O–H groups in total. The fraction of sp³-hybridized carbons (Fsp3) is 0.333. The minimum absolute atomic E-state index is 0. The first-order chi connectivity index (χ1) is 13.0. The van der Waals surface area contributed by atoms with Crippen LogP contribution in [0.2, 0.25) is 0 Å². The van der Waals surface area contributed by atoms with E-state index in [1.165, 1.54) is 18.1 Å². The number of nitrogens with one attached hydrogen (secondary N) is 2. The van der Waals surface area contributed by atoms with Gasteiger partial charge in [0.2, 0.25) is 5.91 Å². The van der Waals surface area contributed by atoms with E-state index in [4.69, 9.17) is 4.74 Å². The summed E-state index contributed by atoms with van der Waals surface area (Å²) in [6.07, 6.45) is 0.871. The molecule has 0 saturated heterocycles. The summed E-state index contributed by atoms with van der Waals surface area (Å²) in [5, 5.41) is 6.16. The molecule has 2 aromatic carbocycles. The molecule has 1 amide bonds. The Hall–Kier alpha value is -2.29. The summed E-state index contributed by atoms with van der Waals surface area (Å²) in [5.74, 6) is 1.64. The van der Waals surface area contributed by atoms with Crippen LogP contribution in [0.15, 0.2) is 53.5 Å². The number of amides is 1. The van der Waals surface area contributed by atoms with Gasteiger partial charge in [-0.1, -0.05) is 24.3 Å². The molecule has 0 aliphatic rings. The van der Waals surface area contributed by atoms with Gasteiger partial charge in [0.05, 0.1) is 7.11 Å². The number of hydrogen-bond donors (Lipinski definition) is 2. The van der Waals surface area contributed by atoms with Gasteiger partial charge in [0.15, 0.2) is 5.96 Å². The Bertz CT molecular complexity index is 761. The Balaban J connectivity index is 0.00000392. The third-order valence-corrected chi connectivity index (χ3v) is 4.12. The lowest BCUT2D eigenvalue weighted by Crippen LogP contribution is -2.39. The first kappa shape index (κ1) is 23.7. The van der Waals surface area contributed by atoms with Gasteiger partial charge in [-0.3, -0.25) is 9.79 Å². The predicted molar refractivity (Wildman–Crippen MR) is 126 cm³/mol. The number of rotatable bonds is 7. The molecule has 0 aromatic heterocycles. The van der Waals surface area contributed by atoms with Crippen molar-refractivity contribution in [3.05, 3.63) is 59.7 Å². The van der Waals surface area contributed by atoms with Crippen molar-refractivity contribution in [2.75, 3.05) is 33.1 Å². The molecule has 7 heteroatoms. The summed E-state index contributed by atoms with van der Waals surface area (Å²) in [4.78, 5) is 17.5. The molecule has 28 heavy (non-hydrogen) atoms. The number of methoxy groups -OCH3 is 1. The monoisotopic (exact) mass is 496 g/mol. The molecule has 0 aliphatic carbocycles. The number of benzene rings is 2. The zero-order valence-electron chi connectivity index (χ0n) is 16.9. The third-order valence-electron chi connectivity index (χ3n) is 4.12. The fourth-order valence-electron chi connectivity index (χ4n) is 2.74. The maximum atomic E-state index is 11.1. The average molecular weight is 496 g/mol. The first-order valence-electron chi connectivity index (χ1n) is 8.93. The van der Waals surface area contributed by atoms with Crippen molar-refractivity contribution in [3.63, 3.8) is 0 Å². The number of ether oxygens (including phenoxy) is 1. The van der Waals surface area contributed by atoms with E-state index < -0.39 is 0 Å². The van der Waals surface area contributed by atoms with Crippen molar-refractivity contribution in [2.24, 2.45) is 4.99 Å². The van der Waals surface area contributed by atoms with Crippen molar-refractivity contribution in [1.29, 1.82) is 0 Å². The van der Waals surface area contributed by atoms with Crippen LogP contribution in [0, 0.1) is 0 Å². The van der Waals surface area contributed by atoms with Gasteiger partial charge in [-0.25, -0.2) is 0 Å². The number of hydrogen-bond acceptors (Lipinski definition) is 3. The summed E-state index contributed by atoms with van der Waals surface area (Å²) >= 11 is 0. The first-order valence-corrected chi connectivity index (χ1v) is 8.93. The van der Waals surface area contributed by atoms with Crippen molar-refractivity contribution in [3.8, 4) is 5.75 Å². The topological polar surface area (TPSA) is 66.0 Å². The normalized spacial score (nSPS) is 10.6. The maximum absolute atomic E-state index is 11.1. The van der Waals surface area contributed by atoms with Gasteiger partial charge in [-0.15, -0.1) is 24.0 Å². The van der Waals surface area contributed by atoms with Crippen molar-refractivity contribution >= 4 is 41.5 Å². The molecule has 0 atom stereocenters. The molecule has 0 radical (unpaired) electrons. The highest BCUT2D eigenvalue weighted by Crippen LogP contribution is 2.13. The summed E-state index contributed by atoms with van der Waals surface area (Å²) in [6, 6.07) is 15.9. The second-order valence-corrected chi connectivity index (χ2v) is 6.31. The maximum Gasteiger partial charge on any atom is 0.221 e. The number of guanidine groups is 1. The van der Waals surface area contributed by atoms with Gasteiger partial charge < -0.3 is 20.3 Å². The van der Waals surface area contributed by atoms with Crippen LogP contribution < -0.4 is 15.4 Å². The highest BCUT2D eigenvalue weighted by molar-refractivity contribution is 14.0. The molecule has 0 saturated carbocycles. The zero-order valence-corrected chi connectivity index (χ0v) is 19.2. The second kappa shape index (κ2) is 12.2. The van der Waals surface area contributed by atoms with Gasteiger partial charge >= 0.3 is 0 Å². The Labute approximate surface area is 184 Å². The lowest BCUT2D eigenvalue weighted by atomic mass is 10.1. The summed E-state index contributed by atoms with van der Waals surface area (Å²) in [6.45, 7) is 3.04. The minimum atomic E-state index is -0.0619. The number of halogens is 1. The minimum Gasteiger partial charge on any atom is -0.497 e. The Morgan fingerprint density at radius 2 is 1.68 bits per heavy atom. The van der Waals surface area contributed by atoms with Gasteiger partial charge in [0.1, 0.15) is 5.75 Å². The van der Waals surface area contributed by atoms with Crippen molar-refractivity contribution < 1.29 is 9.53 Å². The van der Waals surface area contributed by atoms with E-state index in [-0.39, 0.29) is 29.9 Å². The largest absolute Gasteiger partial charge is 0.497 e. The quantitative estimate of drug-likeness (QED) is 0.350. The third kappa shape index (κ3) is 7.75. The van der Waals surface area contributed by atoms with E-state index in [0.717, 1.165) is 36.9 Å². The Morgan fingerprint density at radius 1 is 1.07 bits per heavy atom. The van der Waals surface area contributed by atoms with Gasteiger partial charge in [0, 0.05) is 39.8 Å². The van der Waals surface area contributed by atoms with Crippen molar-refractivity contribution in [1.82, 2.24) is 10.2 Å². The number of nitrogens with zero attached hydrogens (tertiary/aromatic N) is 2. The van der Waals surface area contributed by atoms with E-state index in [2.05, 4.69) is 32.7 Å². The molecule has 2 rings (SSSR count). The van der Waals surface area contributed by atoms with Crippen LogP contribution in [0.1, 0.15) is 18.1 Å². The second-order valence-electron chi connectivity index (χ2n) is 6.31. The zero-order chi connectivity index (χ0) is 19.6. The molecule has 2 aromatic rings. The molecular formula is C21H29IN4O2. The molecule has 6 nitrogen and oxygen atoms in total. The van der Waals surface area contributed by atoms with Crippen LogP contribution >= 0.6 is 24.0 Å². The van der Waals surface area contributed by atoms with E-state index in [1.807, 2.05) is 43.4 Å². The van der Waals surface area contributed by atoms with Gasteiger partial charge in [0.25, 0.3) is 0 Å². The van der Waals surface area contributed by atoms with E-state index in [1.54, 1.807) is 14.2 Å². The lowest BCUT2D eigenvalue weighted by Gasteiger charge is -2.22. The predicted octanol–water partition coefficient (Wildman–Crippen LogP) is 3.52. The summed E-state index contributed by atoms with van der Waals surface area (Å²) in [7, 11) is 5.47. The number of aliphatic imine (C=N–C) groups is 1. The van der Waals surface area contributed by atoms with Gasteiger partial charge in [-0.2, -0.15) is 0 Å². The van der Waals surface area contributed by atoms with Crippen LogP contribution in [0.3, 0.4) is 0 Å². The number of carbonyl (C=O) groups excluding carboxylic acids is 1.